The molecule has 38 heavy (non-hydrogen) atoms. The Kier molecular flexibility index (Phi) is 8.10. The van der Waals surface area contributed by atoms with Gasteiger partial charge in [-0.1, -0.05) is 18.9 Å². The average molecular weight is 542 g/mol. The van der Waals surface area contributed by atoms with Crippen molar-refractivity contribution in [2.45, 2.75) is 37.8 Å². The van der Waals surface area contributed by atoms with Crippen molar-refractivity contribution in [3.8, 4) is 11.5 Å². The number of aromatic nitrogens is 1. The van der Waals surface area contributed by atoms with Gasteiger partial charge in [-0.15, -0.1) is 0 Å². The van der Waals surface area contributed by atoms with Crippen molar-refractivity contribution in [2.75, 3.05) is 24.9 Å². The minimum atomic E-state index is -1.22. The van der Waals surface area contributed by atoms with Gasteiger partial charge in [-0.25, -0.2) is 4.39 Å². The predicted octanol–water partition coefficient (Wildman–Crippen LogP) is 3.43. The number of ether oxygens (including phenoxy) is 2. The van der Waals surface area contributed by atoms with Gasteiger partial charge in [-0.05, 0) is 66.3 Å². The van der Waals surface area contributed by atoms with Crippen LogP contribution < -0.4 is 31.2 Å². The van der Waals surface area contributed by atoms with Gasteiger partial charge in [0.05, 0.1) is 19.9 Å². The van der Waals surface area contributed by atoms with E-state index >= 15 is 0 Å². The summed E-state index contributed by atoms with van der Waals surface area (Å²) in [6, 6.07) is 8.75. The fourth-order valence-corrected chi connectivity index (χ4v) is 5.26. The molecular formula is C26H28FN5O5S. The highest BCUT2D eigenvalue weighted by Gasteiger charge is 2.37. The van der Waals surface area contributed by atoms with Crippen LogP contribution in [0.3, 0.4) is 0 Å². The van der Waals surface area contributed by atoms with Crippen LogP contribution in [0.5, 0.6) is 11.5 Å². The highest BCUT2D eigenvalue weighted by atomic mass is 32.1. The van der Waals surface area contributed by atoms with E-state index in [4.69, 9.17) is 20.9 Å². The van der Waals surface area contributed by atoms with E-state index in [-0.39, 0.29) is 28.0 Å². The van der Waals surface area contributed by atoms with Crippen LogP contribution in [0.4, 0.5) is 15.8 Å². The molecule has 1 aromatic heterocycles. The van der Waals surface area contributed by atoms with E-state index in [2.05, 4.69) is 9.69 Å². The van der Waals surface area contributed by atoms with Crippen LogP contribution in [0.25, 0.3) is 0 Å². The first-order chi connectivity index (χ1) is 18.2. The minimum Gasteiger partial charge on any atom is -0.493 e. The van der Waals surface area contributed by atoms with Gasteiger partial charge in [0.1, 0.15) is 16.7 Å². The molecule has 12 heteroatoms. The number of hydrogen-bond acceptors (Lipinski definition) is 8. The Morgan fingerprint density at radius 2 is 1.74 bits per heavy atom. The molecule has 1 unspecified atom stereocenters. The Morgan fingerprint density at radius 3 is 2.32 bits per heavy atom. The molecule has 0 aliphatic heterocycles. The molecule has 200 valence electrons. The molecule has 0 saturated heterocycles. The number of anilines is 2. The van der Waals surface area contributed by atoms with Gasteiger partial charge < -0.3 is 26.3 Å². The number of nitrogens with two attached hydrogens (primary N) is 2. The number of hydrogen-bond donors (Lipinski definition) is 3. The van der Waals surface area contributed by atoms with Crippen LogP contribution in [0.1, 0.15) is 57.4 Å². The smallest absolute Gasteiger partial charge is 0.273 e. The predicted molar refractivity (Wildman–Crippen MR) is 141 cm³/mol. The summed E-state index contributed by atoms with van der Waals surface area (Å²) >= 11 is 0.692. The largest absolute Gasteiger partial charge is 0.493 e. The molecule has 3 amide bonds. The molecule has 0 spiro atoms. The third-order valence-corrected chi connectivity index (χ3v) is 7.26. The third-order valence-electron chi connectivity index (χ3n) is 6.41. The number of nitrogens with zero attached hydrogens (tertiary/aromatic N) is 2. The van der Waals surface area contributed by atoms with Gasteiger partial charge in [0.15, 0.2) is 17.2 Å². The van der Waals surface area contributed by atoms with Gasteiger partial charge in [-0.2, -0.15) is 4.37 Å². The maximum atomic E-state index is 14.1. The fraction of sp³-hybridized carbons (Fsp3) is 0.308. The quantitative estimate of drug-likeness (QED) is 0.376. The summed E-state index contributed by atoms with van der Waals surface area (Å²) < 4.78 is 28.6. The number of methoxy groups -OCH3 is 2. The van der Waals surface area contributed by atoms with Crippen LogP contribution in [0.2, 0.25) is 0 Å². The molecule has 0 radical (unpaired) electrons. The fourth-order valence-electron chi connectivity index (χ4n) is 4.51. The van der Waals surface area contributed by atoms with Crippen LogP contribution >= 0.6 is 11.5 Å². The normalized spacial score (nSPS) is 14.1. The lowest BCUT2D eigenvalue weighted by atomic mass is 10.0. The van der Waals surface area contributed by atoms with Gasteiger partial charge in [0.2, 0.25) is 5.91 Å². The SMILES string of the molecule is COc1ccc(C(C(=O)NC2CCCC2)N(C(=O)c2snc(C(N)=O)c2N)c2ccc(F)cc2)cc1OC. The summed E-state index contributed by atoms with van der Waals surface area (Å²) in [7, 11) is 2.94. The number of carbonyl (C=O) groups excluding carboxylic acids is 3. The van der Waals surface area contributed by atoms with Crippen molar-refractivity contribution in [3.63, 3.8) is 0 Å². The molecule has 1 saturated carbocycles. The molecule has 0 bridgehead atoms. The van der Waals surface area contributed by atoms with Crippen LogP contribution in [0, 0.1) is 5.82 Å². The second-order valence-corrected chi connectivity index (χ2v) is 9.57. The first-order valence-electron chi connectivity index (χ1n) is 11.9. The number of benzene rings is 2. The zero-order valence-corrected chi connectivity index (χ0v) is 21.7. The van der Waals surface area contributed by atoms with Gasteiger partial charge in [-0.3, -0.25) is 19.3 Å². The van der Waals surface area contributed by atoms with E-state index in [0.29, 0.717) is 28.6 Å². The summed E-state index contributed by atoms with van der Waals surface area (Å²) in [6.45, 7) is 0. The standard InChI is InChI=1S/C26H28FN5O5S/c1-36-18-12-7-14(13-19(18)37-2)22(25(34)30-16-5-3-4-6-16)32(17-10-8-15(27)9-11-17)26(35)23-20(28)21(24(29)33)31-38-23/h7-13,16,22H,3-6,28H2,1-2H3,(H2,29,33)(H,30,34). The Labute approximate surface area is 222 Å². The van der Waals surface area contributed by atoms with E-state index in [0.717, 1.165) is 25.7 Å². The molecule has 1 heterocycles. The average Bonchev–Trinajstić information content (AvgIpc) is 3.56. The second-order valence-electron chi connectivity index (χ2n) is 8.80. The number of rotatable bonds is 9. The Balaban J connectivity index is 1.89. The molecule has 10 nitrogen and oxygen atoms in total. The number of amides is 3. The molecular weight excluding hydrogens is 513 g/mol. The number of carbonyl (C=O) groups is 3. The molecule has 4 rings (SSSR count). The van der Waals surface area contributed by atoms with E-state index in [1.54, 1.807) is 18.2 Å². The van der Waals surface area contributed by atoms with Crippen LogP contribution in [-0.4, -0.2) is 42.4 Å². The minimum absolute atomic E-state index is 0.0507. The van der Waals surface area contributed by atoms with Crippen LogP contribution in [0.15, 0.2) is 42.5 Å². The topological polar surface area (TPSA) is 150 Å². The number of nitrogen functional groups attached to an aromatic ring is 1. The molecule has 2 aromatic carbocycles. The molecule has 1 fully saturated rings. The van der Waals surface area contributed by atoms with Crippen molar-refractivity contribution in [2.24, 2.45) is 5.73 Å². The second kappa shape index (κ2) is 11.5. The number of primary amides is 1. The summed E-state index contributed by atoms with van der Waals surface area (Å²) in [4.78, 5) is 40.8. The van der Waals surface area contributed by atoms with E-state index in [9.17, 15) is 18.8 Å². The maximum Gasteiger partial charge on any atom is 0.273 e. The Bertz CT molecular complexity index is 1340. The van der Waals surface area contributed by atoms with Crippen molar-refractivity contribution in [1.29, 1.82) is 0 Å². The number of halogens is 1. The van der Waals surface area contributed by atoms with Gasteiger partial charge >= 0.3 is 0 Å². The Hall–Kier alpha value is -4.19. The first kappa shape index (κ1) is 26.9. The van der Waals surface area contributed by atoms with Crippen molar-refractivity contribution in [1.82, 2.24) is 9.69 Å². The molecule has 1 atom stereocenters. The molecule has 1 aliphatic carbocycles. The van der Waals surface area contributed by atoms with Crippen molar-refractivity contribution >= 4 is 40.6 Å². The Morgan fingerprint density at radius 1 is 1.08 bits per heavy atom. The lowest BCUT2D eigenvalue weighted by Gasteiger charge is -2.32. The summed E-state index contributed by atoms with van der Waals surface area (Å²) in [5.41, 5.74) is 11.6. The highest BCUT2D eigenvalue weighted by Crippen LogP contribution is 2.37. The lowest BCUT2D eigenvalue weighted by Crippen LogP contribution is -2.46. The van der Waals surface area contributed by atoms with E-state index in [1.165, 1.54) is 43.4 Å². The monoisotopic (exact) mass is 541 g/mol. The summed E-state index contributed by atoms with van der Waals surface area (Å²) in [6.07, 6.45) is 3.61. The van der Waals surface area contributed by atoms with Gasteiger partial charge in [0.25, 0.3) is 11.8 Å². The van der Waals surface area contributed by atoms with E-state index < -0.39 is 29.6 Å². The zero-order valence-electron chi connectivity index (χ0n) is 20.9. The summed E-state index contributed by atoms with van der Waals surface area (Å²) in [5, 5.41) is 3.05. The lowest BCUT2D eigenvalue weighted by molar-refractivity contribution is -0.123. The van der Waals surface area contributed by atoms with Crippen molar-refractivity contribution < 1.29 is 28.2 Å². The van der Waals surface area contributed by atoms with E-state index in [1.807, 2.05) is 0 Å². The molecule has 1 aliphatic rings. The van der Waals surface area contributed by atoms with Crippen LogP contribution in [-0.2, 0) is 4.79 Å². The van der Waals surface area contributed by atoms with Crippen molar-refractivity contribution in [3.05, 3.63) is 64.4 Å². The molecule has 3 aromatic rings. The summed E-state index contributed by atoms with van der Waals surface area (Å²) in [5.74, 6) is -1.78. The molecule has 5 N–H and O–H groups in total. The first-order valence-corrected chi connectivity index (χ1v) is 12.7. The van der Waals surface area contributed by atoms with Gasteiger partial charge in [0, 0.05) is 11.7 Å². The number of nitrogens with one attached hydrogen (secondary N) is 1. The third kappa shape index (κ3) is 5.40. The maximum absolute atomic E-state index is 14.1. The zero-order chi connectivity index (χ0) is 27.4. The highest BCUT2D eigenvalue weighted by molar-refractivity contribution is 7.09.